The van der Waals surface area contributed by atoms with E-state index in [0.29, 0.717) is 18.4 Å². The van der Waals surface area contributed by atoms with Crippen molar-refractivity contribution >= 4 is 39.0 Å². The zero-order valence-electron chi connectivity index (χ0n) is 19.5. The van der Waals surface area contributed by atoms with Crippen LogP contribution in [0.2, 0.25) is 0 Å². The number of hydrogen-bond acceptors (Lipinski definition) is 7. The van der Waals surface area contributed by atoms with Gasteiger partial charge in [-0.25, -0.2) is 0 Å². The number of ketones is 1. The Hall–Kier alpha value is -3.66. The lowest BCUT2D eigenvalue weighted by atomic mass is 9.63. The number of aliphatic hydroxyl groups excluding tert-OH is 1. The van der Waals surface area contributed by atoms with Gasteiger partial charge in [-0.3, -0.25) is 9.59 Å². The Balaban J connectivity index is 1.85. The maximum atomic E-state index is 14.0. The van der Waals surface area contributed by atoms with Crippen LogP contribution in [0.25, 0.3) is 5.76 Å². The fraction of sp³-hybridized carbons (Fsp3) is 0.320. The molecule has 0 fully saturated rings. The number of aliphatic hydroxyl groups is 1. The zero-order valence-corrected chi connectivity index (χ0v) is 20.3. The molecule has 0 radical (unpaired) electrons. The SMILES string of the molecule is CCCC1(CCC)C(=O)C(C2=NS(=O)(=O)c3cc(OCC(N)=O)ccc3N2)=C(O)c2ccccc21. The molecule has 35 heavy (non-hydrogen) atoms. The molecule has 1 heterocycles. The van der Waals surface area contributed by atoms with Gasteiger partial charge < -0.3 is 20.9 Å². The lowest BCUT2D eigenvalue weighted by molar-refractivity contribution is -0.121. The first kappa shape index (κ1) is 24.5. The van der Waals surface area contributed by atoms with Gasteiger partial charge in [0.05, 0.1) is 11.1 Å². The molecule has 2 aromatic carbocycles. The lowest BCUT2D eigenvalue weighted by Gasteiger charge is -2.39. The third-order valence-corrected chi connectivity index (χ3v) is 7.58. The summed E-state index contributed by atoms with van der Waals surface area (Å²) in [7, 11) is -4.26. The minimum absolute atomic E-state index is 0.126. The second-order valence-corrected chi connectivity index (χ2v) is 10.2. The minimum Gasteiger partial charge on any atom is -0.506 e. The molecule has 1 amide bonds. The third kappa shape index (κ3) is 4.18. The number of carbonyl (C=O) groups excluding carboxylic acids is 2. The standard InChI is InChI=1S/C25H27N3O6S/c1-3-11-25(12-4-2)17-8-6-5-7-16(17)22(30)21(23(25)31)24-27-18-10-9-15(34-14-20(26)29)13-19(18)35(32,33)28-24/h5-10,13,30H,3-4,11-12,14H2,1-2H3,(H2,26,29)(H,27,28). The average Bonchev–Trinajstić information content (AvgIpc) is 2.81. The Labute approximate surface area is 203 Å². The van der Waals surface area contributed by atoms with Crippen LogP contribution in [0.1, 0.15) is 50.7 Å². The Morgan fingerprint density at radius 3 is 2.49 bits per heavy atom. The normalized spacial score (nSPS) is 17.7. The predicted molar refractivity (Wildman–Crippen MR) is 132 cm³/mol. The number of ether oxygens (including phenoxy) is 1. The summed E-state index contributed by atoms with van der Waals surface area (Å²) < 4.78 is 35.3. The molecule has 9 nitrogen and oxygen atoms in total. The van der Waals surface area contributed by atoms with Crippen molar-refractivity contribution in [3.63, 3.8) is 0 Å². The maximum Gasteiger partial charge on any atom is 0.286 e. The van der Waals surface area contributed by atoms with Gasteiger partial charge in [-0.1, -0.05) is 51.0 Å². The molecule has 4 rings (SSSR count). The number of sulfonamides is 1. The molecule has 0 aromatic heterocycles. The highest BCUT2D eigenvalue weighted by molar-refractivity contribution is 7.90. The molecular weight excluding hydrogens is 470 g/mol. The number of amides is 1. The van der Waals surface area contributed by atoms with Crippen molar-refractivity contribution in [2.75, 3.05) is 11.9 Å². The van der Waals surface area contributed by atoms with Crippen LogP contribution in [-0.4, -0.2) is 37.7 Å². The predicted octanol–water partition coefficient (Wildman–Crippen LogP) is 3.45. The molecule has 2 aliphatic rings. The Morgan fingerprint density at radius 1 is 1.14 bits per heavy atom. The van der Waals surface area contributed by atoms with E-state index < -0.39 is 28.0 Å². The highest BCUT2D eigenvalue weighted by Gasteiger charge is 2.48. The zero-order chi connectivity index (χ0) is 25.4. The van der Waals surface area contributed by atoms with E-state index in [0.717, 1.165) is 18.4 Å². The summed E-state index contributed by atoms with van der Waals surface area (Å²) in [6, 6.07) is 11.3. The molecule has 10 heteroatoms. The van der Waals surface area contributed by atoms with Crippen LogP contribution < -0.4 is 15.8 Å². The topological polar surface area (TPSA) is 148 Å². The number of nitrogens with two attached hydrogens (primary N) is 1. The second-order valence-electron chi connectivity index (χ2n) is 8.63. The number of hydrogen-bond donors (Lipinski definition) is 3. The summed E-state index contributed by atoms with van der Waals surface area (Å²) in [6.07, 6.45) is 2.54. The Morgan fingerprint density at radius 2 is 1.83 bits per heavy atom. The summed E-state index contributed by atoms with van der Waals surface area (Å²) in [5.41, 5.74) is 5.44. The molecule has 0 bridgehead atoms. The monoisotopic (exact) mass is 497 g/mol. The van der Waals surface area contributed by atoms with Gasteiger partial charge in [0.15, 0.2) is 18.2 Å². The molecule has 1 aliphatic heterocycles. The first-order valence-corrected chi connectivity index (χ1v) is 12.8. The van der Waals surface area contributed by atoms with Crippen LogP contribution in [-0.2, 0) is 25.0 Å². The van der Waals surface area contributed by atoms with Crippen molar-refractivity contribution in [2.24, 2.45) is 10.1 Å². The van der Waals surface area contributed by atoms with Gasteiger partial charge in [0.2, 0.25) is 0 Å². The highest BCUT2D eigenvalue weighted by atomic mass is 32.2. The highest BCUT2D eigenvalue weighted by Crippen LogP contribution is 2.46. The van der Waals surface area contributed by atoms with Crippen molar-refractivity contribution in [3.05, 3.63) is 59.2 Å². The smallest absolute Gasteiger partial charge is 0.286 e. The van der Waals surface area contributed by atoms with E-state index in [-0.39, 0.29) is 39.3 Å². The first-order valence-electron chi connectivity index (χ1n) is 11.4. The van der Waals surface area contributed by atoms with Crippen LogP contribution in [0.3, 0.4) is 0 Å². The van der Waals surface area contributed by atoms with Crippen molar-refractivity contribution < 1.29 is 27.9 Å². The van der Waals surface area contributed by atoms with E-state index in [1.807, 2.05) is 26.0 Å². The Bertz CT molecular complexity index is 1370. The second kappa shape index (κ2) is 9.18. The van der Waals surface area contributed by atoms with E-state index in [1.54, 1.807) is 12.1 Å². The number of carbonyl (C=O) groups is 2. The number of fused-ring (bicyclic) bond motifs is 2. The molecule has 0 saturated carbocycles. The van der Waals surface area contributed by atoms with Gasteiger partial charge in [0, 0.05) is 11.6 Å². The number of rotatable bonds is 8. The van der Waals surface area contributed by atoms with Crippen LogP contribution in [0, 0.1) is 0 Å². The number of primary amides is 1. The van der Waals surface area contributed by atoms with Crippen LogP contribution in [0.5, 0.6) is 5.75 Å². The first-order chi connectivity index (χ1) is 16.6. The van der Waals surface area contributed by atoms with Crippen molar-refractivity contribution in [3.8, 4) is 5.75 Å². The minimum atomic E-state index is -4.26. The molecule has 1 aliphatic carbocycles. The van der Waals surface area contributed by atoms with Crippen molar-refractivity contribution in [1.29, 1.82) is 0 Å². The Kier molecular flexibility index (Phi) is 6.42. The van der Waals surface area contributed by atoms with Gasteiger partial charge >= 0.3 is 0 Å². The van der Waals surface area contributed by atoms with E-state index in [4.69, 9.17) is 10.5 Å². The number of nitrogens with zero attached hydrogens (tertiary/aromatic N) is 1. The average molecular weight is 498 g/mol. The van der Waals surface area contributed by atoms with Gasteiger partial charge in [0.1, 0.15) is 22.0 Å². The largest absolute Gasteiger partial charge is 0.506 e. The molecule has 2 aromatic rings. The quantitative estimate of drug-likeness (QED) is 0.506. The van der Waals surface area contributed by atoms with Crippen LogP contribution in [0.15, 0.2) is 57.3 Å². The fourth-order valence-corrected chi connectivity index (χ4v) is 6.03. The van der Waals surface area contributed by atoms with Gasteiger partial charge in [-0.05, 0) is 30.5 Å². The van der Waals surface area contributed by atoms with Crippen molar-refractivity contribution in [2.45, 2.75) is 49.8 Å². The molecule has 0 saturated heterocycles. The van der Waals surface area contributed by atoms with Crippen LogP contribution >= 0.6 is 0 Å². The molecule has 184 valence electrons. The van der Waals surface area contributed by atoms with Gasteiger partial charge in [0.25, 0.3) is 15.9 Å². The molecule has 0 unspecified atom stereocenters. The molecular formula is C25H27N3O6S. The summed E-state index contributed by atoms with van der Waals surface area (Å²) in [5, 5.41) is 14.1. The molecule has 0 spiro atoms. The molecule has 0 atom stereocenters. The number of nitrogens with one attached hydrogen (secondary N) is 1. The van der Waals surface area contributed by atoms with E-state index in [1.165, 1.54) is 18.2 Å². The van der Waals surface area contributed by atoms with Crippen LogP contribution in [0.4, 0.5) is 5.69 Å². The number of anilines is 1. The number of amidine groups is 1. The number of Topliss-reactive ketones (excluding diaryl/α,β-unsaturated/α-hetero) is 1. The third-order valence-electron chi connectivity index (χ3n) is 6.26. The molecule has 4 N–H and O–H groups in total. The lowest BCUT2D eigenvalue weighted by Crippen LogP contribution is -2.44. The summed E-state index contributed by atoms with van der Waals surface area (Å²) in [6.45, 7) is 3.56. The maximum absolute atomic E-state index is 14.0. The summed E-state index contributed by atoms with van der Waals surface area (Å²) >= 11 is 0. The fourth-order valence-electron chi connectivity index (χ4n) is 4.90. The van der Waals surface area contributed by atoms with E-state index in [2.05, 4.69) is 9.71 Å². The van der Waals surface area contributed by atoms with Gasteiger partial charge in [-0.15, -0.1) is 4.40 Å². The van der Waals surface area contributed by atoms with E-state index in [9.17, 15) is 23.1 Å². The summed E-state index contributed by atoms with van der Waals surface area (Å²) in [5.74, 6) is -1.47. The summed E-state index contributed by atoms with van der Waals surface area (Å²) in [4.78, 5) is 24.8. The van der Waals surface area contributed by atoms with Gasteiger partial charge in [-0.2, -0.15) is 8.42 Å². The van der Waals surface area contributed by atoms with Crippen molar-refractivity contribution in [1.82, 2.24) is 0 Å². The number of benzene rings is 2. The van der Waals surface area contributed by atoms with E-state index >= 15 is 0 Å².